The van der Waals surface area contributed by atoms with Crippen molar-refractivity contribution in [2.45, 2.75) is 32.9 Å². The number of hydrogen-bond donors (Lipinski definition) is 2. The first kappa shape index (κ1) is 21.9. The molecule has 9 heteroatoms. The van der Waals surface area contributed by atoms with Gasteiger partial charge in [-0.2, -0.15) is 5.10 Å². The smallest absolute Gasteiger partial charge is 0.261 e. The summed E-state index contributed by atoms with van der Waals surface area (Å²) in [5, 5.41) is 10.2. The molecule has 1 unspecified atom stereocenters. The zero-order valence-electron chi connectivity index (χ0n) is 18.4. The van der Waals surface area contributed by atoms with Gasteiger partial charge in [0.25, 0.3) is 5.56 Å². The van der Waals surface area contributed by atoms with E-state index in [0.717, 1.165) is 5.56 Å². The van der Waals surface area contributed by atoms with Gasteiger partial charge in [0.1, 0.15) is 6.04 Å². The third kappa shape index (κ3) is 4.98. The molecular formula is C24H24N6O3. The molecule has 0 bridgehead atoms. The van der Waals surface area contributed by atoms with E-state index >= 15 is 0 Å². The second kappa shape index (κ2) is 9.47. The van der Waals surface area contributed by atoms with Gasteiger partial charge in [-0.1, -0.05) is 18.2 Å². The number of benzene rings is 2. The highest BCUT2D eigenvalue weighted by atomic mass is 16.2. The topological polar surface area (TPSA) is 111 Å². The Labute approximate surface area is 190 Å². The van der Waals surface area contributed by atoms with Gasteiger partial charge in [-0.3, -0.25) is 23.6 Å². The van der Waals surface area contributed by atoms with Crippen LogP contribution in [0.4, 0.5) is 11.4 Å². The summed E-state index contributed by atoms with van der Waals surface area (Å²) in [6, 6.07) is 13.6. The molecule has 0 saturated carbocycles. The highest BCUT2D eigenvalue weighted by Crippen LogP contribution is 2.17. The Hall–Kier alpha value is -4.27. The number of rotatable bonds is 7. The van der Waals surface area contributed by atoms with E-state index in [1.54, 1.807) is 60.4 Å². The summed E-state index contributed by atoms with van der Waals surface area (Å²) in [4.78, 5) is 42.0. The number of anilines is 2. The van der Waals surface area contributed by atoms with Crippen LogP contribution in [0.1, 0.15) is 24.9 Å². The lowest BCUT2D eigenvalue weighted by atomic mass is 10.1. The maximum absolute atomic E-state index is 12.7. The molecule has 0 spiro atoms. The van der Waals surface area contributed by atoms with Crippen LogP contribution in [0, 0.1) is 6.92 Å². The maximum Gasteiger partial charge on any atom is 0.261 e. The third-order valence-electron chi connectivity index (χ3n) is 5.35. The van der Waals surface area contributed by atoms with Crippen LogP contribution in [-0.4, -0.2) is 31.1 Å². The lowest BCUT2D eigenvalue weighted by Crippen LogP contribution is -2.24. The summed E-state index contributed by atoms with van der Waals surface area (Å²) in [6.45, 7) is 3.86. The van der Waals surface area contributed by atoms with Gasteiger partial charge in [0, 0.05) is 36.7 Å². The Kier molecular flexibility index (Phi) is 6.30. The molecule has 2 N–H and O–H groups in total. The first-order chi connectivity index (χ1) is 15.9. The lowest BCUT2D eigenvalue weighted by Gasteiger charge is -2.13. The van der Waals surface area contributed by atoms with Gasteiger partial charge < -0.3 is 10.6 Å². The predicted octanol–water partition coefficient (Wildman–Crippen LogP) is 3.13. The summed E-state index contributed by atoms with van der Waals surface area (Å²) in [6.07, 6.45) is 4.91. The molecule has 33 heavy (non-hydrogen) atoms. The van der Waals surface area contributed by atoms with Crippen LogP contribution in [-0.2, 0) is 16.1 Å². The minimum atomic E-state index is -0.476. The molecule has 2 aromatic carbocycles. The number of para-hydroxylation sites is 1. The van der Waals surface area contributed by atoms with Gasteiger partial charge in [0.15, 0.2) is 0 Å². The molecule has 0 radical (unpaired) electrons. The Morgan fingerprint density at radius 3 is 2.58 bits per heavy atom. The zero-order chi connectivity index (χ0) is 23.4. The van der Waals surface area contributed by atoms with Crippen LogP contribution in [0.5, 0.6) is 0 Å². The number of aromatic nitrogens is 4. The van der Waals surface area contributed by atoms with Crippen molar-refractivity contribution < 1.29 is 9.59 Å². The van der Waals surface area contributed by atoms with E-state index < -0.39 is 6.04 Å². The highest BCUT2D eigenvalue weighted by Gasteiger charge is 2.15. The number of aryl methyl sites for hydroxylation is 2. The molecule has 2 aromatic heterocycles. The van der Waals surface area contributed by atoms with Crippen LogP contribution in [0.25, 0.3) is 10.9 Å². The number of nitrogens with one attached hydrogen (secondary N) is 2. The van der Waals surface area contributed by atoms with Crippen LogP contribution >= 0.6 is 0 Å². The molecule has 9 nitrogen and oxygen atoms in total. The molecule has 0 aliphatic carbocycles. The van der Waals surface area contributed by atoms with Crippen molar-refractivity contribution >= 4 is 34.1 Å². The summed E-state index contributed by atoms with van der Waals surface area (Å²) in [5.41, 5.74) is 2.53. The molecule has 2 amide bonds. The van der Waals surface area contributed by atoms with Gasteiger partial charge in [0.2, 0.25) is 11.8 Å². The number of amides is 2. The Balaban J connectivity index is 1.37. The molecule has 4 aromatic rings. The highest BCUT2D eigenvalue weighted by molar-refractivity contribution is 5.95. The van der Waals surface area contributed by atoms with Crippen molar-refractivity contribution in [2.75, 3.05) is 10.6 Å². The second-order valence-electron chi connectivity index (χ2n) is 7.74. The standard InChI is InChI=1S/C24H24N6O3/c1-16-6-3-9-20-22(16)25-15-29(24(20)33)13-10-21(31)27-18-7-4-8-19(14-18)28-23(32)17(2)30-12-5-11-26-30/h3-9,11-12,14-15,17H,10,13H2,1-2H3,(H,27,31)(H,28,32). The van der Waals surface area contributed by atoms with E-state index in [1.165, 1.54) is 10.9 Å². The number of carbonyl (C=O) groups is 2. The van der Waals surface area contributed by atoms with Crippen molar-refractivity contribution in [3.8, 4) is 0 Å². The molecule has 0 aliphatic rings. The van der Waals surface area contributed by atoms with Crippen LogP contribution in [0.2, 0.25) is 0 Å². The number of fused-ring (bicyclic) bond motifs is 1. The van der Waals surface area contributed by atoms with Crippen LogP contribution < -0.4 is 16.2 Å². The maximum atomic E-state index is 12.7. The van der Waals surface area contributed by atoms with E-state index in [1.807, 2.05) is 19.1 Å². The average Bonchev–Trinajstić information content (AvgIpc) is 3.34. The molecule has 2 heterocycles. The van der Waals surface area contributed by atoms with E-state index in [0.29, 0.717) is 22.3 Å². The average molecular weight is 444 g/mol. The predicted molar refractivity (Wildman–Crippen MR) is 126 cm³/mol. The molecule has 4 rings (SSSR count). The van der Waals surface area contributed by atoms with Gasteiger partial charge in [-0.25, -0.2) is 4.98 Å². The van der Waals surface area contributed by atoms with Gasteiger partial charge in [0.05, 0.1) is 17.2 Å². The summed E-state index contributed by atoms with van der Waals surface area (Å²) >= 11 is 0. The largest absolute Gasteiger partial charge is 0.326 e. The fraction of sp³-hybridized carbons (Fsp3) is 0.208. The fourth-order valence-electron chi connectivity index (χ4n) is 3.49. The third-order valence-corrected chi connectivity index (χ3v) is 5.35. The normalized spacial score (nSPS) is 11.8. The fourth-order valence-corrected chi connectivity index (χ4v) is 3.49. The summed E-state index contributed by atoms with van der Waals surface area (Å²) in [5.74, 6) is -0.472. The van der Waals surface area contributed by atoms with Crippen LogP contribution in [0.15, 0.2) is 72.0 Å². The summed E-state index contributed by atoms with van der Waals surface area (Å²) < 4.78 is 3.00. The molecule has 1 atom stereocenters. The zero-order valence-corrected chi connectivity index (χ0v) is 18.4. The van der Waals surface area contributed by atoms with Gasteiger partial charge in [-0.15, -0.1) is 0 Å². The van der Waals surface area contributed by atoms with Crippen molar-refractivity contribution in [1.29, 1.82) is 0 Å². The van der Waals surface area contributed by atoms with Crippen molar-refractivity contribution in [3.05, 3.63) is 83.2 Å². The van der Waals surface area contributed by atoms with E-state index in [2.05, 4.69) is 20.7 Å². The molecule has 0 fully saturated rings. The minimum Gasteiger partial charge on any atom is -0.326 e. The Morgan fingerprint density at radius 2 is 1.82 bits per heavy atom. The summed E-state index contributed by atoms with van der Waals surface area (Å²) in [7, 11) is 0. The van der Waals surface area contributed by atoms with E-state index in [4.69, 9.17) is 0 Å². The van der Waals surface area contributed by atoms with E-state index in [-0.39, 0.29) is 30.3 Å². The van der Waals surface area contributed by atoms with E-state index in [9.17, 15) is 14.4 Å². The van der Waals surface area contributed by atoms with Crippen molar-refractivity contribution in [3.63, 3.8) is 0 Å². The Bertz CT molecular complexity index is 1360. The minimum absolute atomic E-state index is 0.103. The first-order valence-corrected chi connectivity index (χ1v) is 10.6. The molecule has 168 valence electrons. The number of hydrogen-bond acceptors (Lipinski definition) is 5. The molecular weight excluding hydrogens is 420 g/mol. The van der Waals surface area contributed by atoms with Crippen molar-refractivity contribution in [1.82, 2.24) is 19.3 Å². The first-order valence-electron chi connectivity index (χ1n) is 10.6. The molecule has 0 aliphatic heterocycles. The Morgan fingerprint density at radius 1 is 1.06 bits per heavy atom. The van der Waals surface area contributed by atoms with Gasteiger partial charge in [-0.05, 0) is 49.7 Å². The van der Waals surface area contributed by atoms with Crippen LogP contribution in [0.3, 0.4) is 0 Å². The second-order valence-corrected chi connectivity index (χ2v) is 7.74. The lowest BCUT2D eigenvalue weighted by molar-refractivity contribution is -0.119. The number of nitrogens with zero attached hydrogens (tertiary/aromatic N) is 4. The monoisotopic (exact) mass is 444 g/mol. The number of carbonyl (C=O) groups excluding carboxylic acids is 2. The molecule has 0 saturated heterocycles. The quantitative estimate of drug-likeness (QED) is 0.455. The van der Waals surface area contributed by atoms with Gasteiger partial charge >= 0.3 is 0 Å². The van der Waals surface area contributed by atoms with Crippen molar-refractivity contribution in [2.24, 2.45) is 0 Å². The SMILES string of the molecule is Cc1cccc2c(=O)n(CCC(=O)Nc3cccc(NC(=O)C(C)n4cccn4)c3)cnc12.